The fourth-order valence-electron chi connectivity index (χ4n) is 2.27. The first-order chi connectivity index (χ1) is 8.99. The van der Waals surface area contributed by atoms with Gasteiger partial charge in [0.25, 0.3) is 0 Å². The van der Waals surface area contributed by atoms with Crippen LogP contribution in [0.4, 0.5) is 5.69 Å². The fraction of sp³-hybridized carbons (Fsp3) is 0.429. The Kier molecular flexibility index (Phi) is 4.24. The zero-order chi connectivity index (χ0) is 14.0. The van der Waals surface area contributed by atoms with Crippen LogP contribution < -0.4 is 4.90 Å². The third-order valence-corrected chi connectivity index (χ3v) is 4.08. The van der Waals surface area contributed by atoms with Gasteiger partial charge in [0, 0.05) is 48.8 Å². The van der Waals surface area contributed by atoms with Gasteiger partial charge in [-0.25, -0.2) is 0 Å². The molecule has 0 N–H and O–H groups in total. The number of anilines is 1. The highest BCUT2D eigenvalue weighted by atomic mass is 79.9. The maximum absolute atomic E-state index is 11.4. The Labute approximate surface area is 121 Å². The first kappa shape index (κ1) is 14.1. The van der Waals surface area contributed by atoms with E-state index in [0.717, 1.165) is 36.3 Å². The highest BCUT2D eigenvalue weighted by molar-refractivity contribution is 9.10. The normalized spacial score (nSPS) is 15.5. The van der Waals surface area contributed by atoms with E-state index in [9.17, 15) is 9.59 Å². The second-order valence-electron chi connectivity index (χ2n) is 4.71. The molecule has 1 amide bonds. The Morgan fingerprint density at radius 2 is 1.74 bits per heavy atom. The molecule has 0 aliphatic carbocycles. The van der Waals surface area contributed by atoms with Crippen LogP contribution in [0.2, 0.25) is 0 Å². The number of halogens is 1. The Balaban J connectivity index is 2.10. The molecule has 102 valence electrons. The molecule has 0 bridgehead atoms. The van der Waals surface area contributed by atoms with Crippen LogP contribution in [0.5, 0.6) is 0 Å². The van der Waals surface area contributed by atoms with Gasteiger partial charge < -0.3 is 9.80 Å². The molecule has 1 fully saturated rings. The van der Waals surface area contributed by atoms with E-state index in [0.29, 0.717) is 5.56 Å². The van der Waals surface area contributed by atoms with Crippen LogP contribution >= 0.6 is 15.9 Å². The third-order valence-electron chi connectivity index (χ3n) is 3.42. The minimum absolute atomic E-state index is 0.0554. The van der Waals surface area contributed by atoms with E-state index in [4.69, 9.17) is 0 Å². The van der Waals surface area contributed by atoms with E-state index in [-0.39, 0.29) is 11.7 Å². The molecule has 0 unspecified atom stereocenters. The van der Waals surface area contributed by atoms with Crippen molar-refractivity contribution in [1.29, 1.82) is 0 Å². The lowest BCUT2D eigenvalue weighted by molar-refractivity contribution is -0.129. The topological polar surface area (TPSA) is 40.6 Å². The zero-order valence-corrected chi connectivity index (χ0v) is 12.7. The molecule has 0 saturated carbocycles. The molecule has 1 saturated heterocycles. The van der Waals surface area contributed by atoms with Gasteiger partial charge in [-0.1, -0.05) is 0 Å². The largest absolute Gasteiger partial charge is 0.368 e. The van der Waals surface area contributed by atoms with Crippen molar-refractivity contribution in [2.75, 3.05) is 31.1 Å². The van der Waals surface area contributed by atoms with Crippen molar-refractivity contribution in [3.8, 4) is 0 Å². The number of hydrogen-bond donors (Lipinski definition) is 0. The second-order valence-corrected chi connectivity index (χ2v) is 5.57. The predicted molar refractivity (Wildman–Crippen MR) is 78.6 cm³/mol. The number of ketones is 1. The Hall–Kier alpha value is -1.36. The molecule has 4 nitrogen and oxygen atoms in total. The summed E-state index contributed by atoms with van der Waals surface area (Å²) >= 11 is 3.44. The van der Waals surface area contributed by atoms with Gasteiger partial charge in [0.2, 0.25) is 5.91 Å². The number of piperazine rings is 1. The summed E-state index contributed by atoms with van der Waals surface area (Å²) in [4.78, 5) is 26.7. The van der Waals surface area contributed by atoms with Crippen LogP contribution in [0.1, 0.15) is 24.2 Å². The maximum Gasteiger partial charge on any atom is 0.219 e. The minimum Gasteiger partial charge on any atom is -0.368 e. The number of carbonyl (C=O) groups is 2. The molecule has 1 aromatic rings. The van der Waals surface area contributed by atoms with Crippen LogP contribution in [0.3, 0.4) is 0 Å². The second kappa shape index (κ2) is 5.74. The van der Waals surface area contributed by atoms with Crippen molar-refractivity contribution in [1.82, 2.24) is 4.90 Å². The summed E-state index contributed by atoms with van der Waals surface area (Å²) < 4.78 is 0.825. The van der Waals surface area contributed by atoms with E-state index in [1.54, 1.807) is 13.8 Å². The van der Waals surface area contributed by atoms with Crippen molar-refractivity contribution in [3.05, 3.63) is 28.2 Å². The standard InChI is InChI=1S/C14H17BrN2O2/c1-10(18)13-4-3-12(9-14(13)15)17-7-5-16(6-8-17)11(2)19/h3-4,9H,5-8H2,1-2H3. The smallest absolute Gasteiger partial charge is 0.219 e. The monoisotopic (exact) mass is 324 g/mol. The SMILES string of the molecule is CC(=O)c1ccc(N2CCN(C(C)=O)CC2)cc1Br. The number of benzene rings is 1. The number of hydrogen-bond acceptors (Lipinski definition) is 3. The van der Waals surface area contributed by atoms with Crippen molar-refractivity contribution >= 4 is 33.3 Å². The van der Waals surface area contributed by atoms with E-state index in [1.807, 2.05) is 23.1 Å². The van der Waals surface area contributed by atoms with Crippen LogP contribution in [0.25, 0.3) is 0 Å². The molecule has 1 heterocycles. The predicted octanol–water partition coefficient (Wildman–Crippen LogP) is 2.32. The molecular weight excluding hydrogens is 308 g/mol. The Morgan fingerprint density at radius 1 is 1.11 bits per heavy atom. The molecule has 0 spiro atoms. The summed E-state index contributed by atoms with van der Waals surface area (Å²) in [6.07, 6.45) is 0. The quantitative estimate of drug-likeness (QED) is 0.784. The van der Waals surface area contributed by atoms with E-state index < -0.39 is 0 Å². The number of Topliss-reactive ketones (excluding diaryl/α,β-unsaturated/α-hetero) is 1. The fourth-order valence-corrected chi connectivity index (χ4v) is 2.91. The number of carbonyl (C=O) groups excluding carboxylic acids is 2. The van der Waals surface area contributed by atoms with E-state index in [2.05, 4.69) is 20.8 Å². The third kappa shape index (κ3) is 3.15. The molecule has 1 aromatic carbocycles. The molecule has 0 radical (unpaired) electrons. The highest BCUT2D eigenvalue weighted by Gasteiger charge is 2.19. The van der Waals surface area contributed by atoms with E-state index >= 15 is 0 Å². The van der Waals surface area contributed by atoms with Crippen LogP contribution in [0, 0.1) is 0 Å². The summed E-state index contributed by atoms with van der Waals surface area (Å²) in [5.74, 6) is 0.188. The molecule has 5 heteroatoms. The van der Waals surface area contributed by atoms with Crippen LogP contribution in [0.15, 0.2) is 22.7 Å². The van der Waals surface area contributed by atoms with Gasteiger partial charge in [0.05, 0.1) is 0 Å². The molecule has 0 atom stereocenters. The van der Waals surface area contributed by atoms with Crippen molar-refractivity contribution < 1.29 is 9.59 Å². The zero-order valence-electron chi connectivity index (χ0n) is 11.1. The average Bonchev–Trinajstić information content (AvgIpc) is 2.38. The van der Waals surface area contributed by atoms with Crippen molar-refractivity contribution in [3.63, 3.8) is 0 Å². The summed E-state index contributed by atoms with van der Waals surface area (Å²) in [7, 11) is 0. The molecule has 1 aliphatic rings. The molecule has 0 aromatic heterocycles. The molecule has 1 aliphatic heterocycles. The first-order valence-corrected chi connectivity index (χ1v) is 7.09. The Bertz CT molecular complexity index is 508. The summed E-state index contributed by atoms with van der Waals surface area (Å²) in [6, 6.07) is 5.78. The van der Waals surface area contributed by atoms with Gasteiger partial charge in [0.15, 0.2) is 5.78 Å². The number of amides is 1. The van der Waals surface area contributed by atoms with Gasteiger partial charge >= 0.3 is 0 Å². The van der Waals surface area contributed by atoms with Crippen LogP contribution in [-0.2, 0) is 4.79 Å². The lowest BCUT2D eigenvalue weighted by Crippen LogP contribution is -2.48. The lowest BCUT2D eigenvalue weighted by Gasteiger charge is -2.35. The van der Waals surface area contributed by atoms with Crippen LogP contribution in [-0.4, -0.2) is 42.8 Å². The lowest BCUT2D eigenvalue weighted by atomic mass is 10.1. The first-order valence-electron chi connectivity index (χ1n) is 6.30. The Morgan fingerprint density at radius 3 is 2.21 bits per heavy atom. The summed E-state index contributed by atoms with van der Waals surface area (Å²) in [5, 5.41) is 0. The van der Waals surface area contributed by atoms with Crippen molar-refractivity contribution in [2.45, 2.75) is 13.8 Å². The van der Waals surface area contributed by atoms with Gasteiger partial charge in [-0.2, -0.15) is 0 Å². The van der Waals surface area contributed by atoms with E-state index in [1.165, 1.54) is 0 Å². The van der Waals surface area contributed by atoms with Gasteiger partial charge in [0.1, 0.15) is 0 Å². The number of nitrogens with zero attached hydrogens (tertiary/aromatic N) is 2. The van der Waals surface area contributed by atoms with Gasteiger partial charge in [-0.05, 0) is 41.1 Å². The maximum atomic E-state index is 11.4. The molecular formula is C14H17BrN2O2. The minimum atomic E-state index is 0.0554. The van der Waals surface area contributed by atoms with Gasteiger partial charge in [-0.15, -0.1) is 0 Å². The van der Waals surface area contributed by atoms with Gasteiger partial charge in [-0.3, -0.25) is 9.59 Å². The number of rotatable bonds is 2. The average molecular weight is 325 g/mol. The summed E-state index contributed by atoms with van der Waals surface area (Å²) in [6.45, 7) is 6.32. The molecule has 2 rings (SSSR count). The summed E-state index contributed by atoms with van der Waals surface area (Å²) in [5.41, 5.74) is 1.78. The van der Waals surface area contributed by atoms with Crippen molar-refractivity contribution in [2.24, 2.45) is 0 Å². The highest BCUT2D eigenvalue weighted by Crippen LogP contribution is 2.25. The molecule has 19 heavy (non-hydrogen) atoms.